The van der Waals surface area contributed by atoms with Gasteiger partial charge < -0.3 is 10.1 Å². The topological polar surface area (TPSA) is 55.4 Å². The molecule has 0 heterocycles. The Hall–Kier alpha value is -2.69. The molecule has 23 heavy (non-hydrogen) atoms. The summed E-state index contributed by atoms with van der Waals surface area (Å²) >= 11 is 0. The van der Waals surface area contributed by atoms with Crippen molar-refractivity contribution in [2.45, 2.75) is 13.8 Å². The number of rotatable bonds is 6. The van der Waals surface area contributed by atoms with Gasteiger partial charge in [-0.15, -0.1) is 0 Å². The van der Waals surface area contributed by atoms with Crippen molar-refractivity contribution in [3.8, 4) is 5.75 Å². The molecule has 1 N–H and O–H groups in total. The highest BCUT2D eigenvalue weighted by Crippen LogP contribution is 2.27. The fourth-order valence-electron chi connectivity index (χ4n) is 1.94. The Labute approximate surface area is 134 Å². The van der Waals surface area contributed by atoms with Gasteiger partial charge in [0.25, 0.3) is 5.91 Å². The molecule has 2 rings (SSSR count). The second-order valence-corrected chi connectivity index (χ2v) is 5.51. The second-order valence-electron chi connectivity index (χ2n) is 5.51. The van der Waals surface area contributed by atoms with Gasteiger partial charge >= 0.3 is 0 Å². The van der Waals surface area contributed by atoms with Gasteiger partial charge in [0.2, 0.25) is 0 Å². The van der Waals surface area contributed by atoms with Crippen LogP contribution in [0.4, 0.5) is 10.1 Å². The largest absolute Gasteiger partial charge is 0.491 e. The van der Waals surface area contributed by atoms with Crippen LogP contribution in [0.5, 0.6) is 5.75 Å². The van der Waals surface area contributed by atoms with Crippen LogP contribution < -0.4 is 10.1 Å². The molecule has 0 saturated heterocycles. The van der Waals surface area contributed by atoms with E-state index in [1.807, 2.05) is 13.8 Å². The van der Waals surface area contributed by atoms with Crippen molar-refractivity contribution >= 4 is 17.9 Å². The van der Waals surface area contributed by atoms with Crippen molar-refractivity contribution in [2.75, 3.05) is 11.9 Å². The molecule has 5 heteroatoms. The Bertz CT molecular complexity index is 713. The summed E-state index contributed by atoms with van der Waals surface area (Å²) in [4.78, 5) is 23.2. The van der Waals surface area contributed by atoms with Crippen molar-refractivity contribution < 1.29 is 18.7 Å². The maximum atomic E-state index is 13.7. The van der Waals surface area contributed by atoms with E-state index in [2.05, 4.69) is 5.32 Å². The normalized spacial score (nSPS) is 10.4. The van der Waals surface area contributed by atoms with Crippen LogP contribution in [0.1, 0.15) is 34.6 Å². The van der Waals surface area contributed by atoms with Gasteiger partial charge in [0.15, 0.2) is 0 Å². The number of hydrogen-bond donors (Lipinski definition) is 1. The Balaban J connectivity index is 2.27. The number of anilines is 1. The van der Waals surface area contributed by atoms with Crippen LogP contribution in [0.25, 0.3) is 0 Å². The van der Waals surface area contributed by atoms with Crippen LogP contribution >= 0.6 is 0 Å². The first kappa shape index (κ1) is 16.7. The van der Waals surface area contributed by atoms with E-state index in [0.717, 1.165) is 0 Å². The summed E-state index contributed by atoms with van der Waals surface area (Å²) in [5, 5.41) is 2.60. The molecule has 0 fully saturated rings. The summed E-state index contributed by atoms with van der Waals surface area (Å²) in [6.07, 6.45) is 0.672. The minimum Gasteiger partial charge on any atom is -0.491 e. The first-order valence-electron chi connectivity index (χ1n) is 7.29. The number of amides is 1. The third-order valence-corrected chi connectivity index (χ3v) is 3.08. The lowest BCUT2D eigenvalue weighted by molar-refractivity contribution is 0.102. The van der Waals surface area contributed by atoms with Crippen molar-refractivity contribution in [1.29, 1.82) is 0 Å². The summed E-state index contributed by atoms with van der Waals surface area (Å²) in [6.45, 7) is 4.46. The van der Waals surface area contributed by atoms with Gasteiger partial charge in [0, 0.05) is 5.56 Å². The van der Waals surface area contributed by atoms with Gasteiger partial charge in [0.05, 0.1) is 17.9 Å². The van der Waals surface area contributed by atoms with E-state index < -0.39 is 11.7 Å². The first-order valence-corrected chi connectivity index (χ1v) is 7.29. The van der Waals surface area contributed by atoms with E-state index in [-0.39, 0.29) is 5.56 Å². The Morgan fingerprint density at radius 2 is 2.00 bits per heavy atom. The zero-order valence-corrected chi connectivity index (χ0v) is 13.0. The van der Waals surface area contributed by atoms with E-state index in [0.29, 0.717) is 35.8 Å². The number of ether oxygens (including phenoxy) is 1. The fourth-order valence-corrected chi connectivity index (χ4v) is 1.94. The highest BCUT2D eigenvalue weighted by molar-refractivity contribution is 6.05. The van der Waals surface area contributed by atoms with Gasteiger partial charge in [-0.2, -0.15) is 0 Å². The van der Waals surface area contributed by atoms with Crippen LogP contribution in [0.2, 0.25) is 0 Å². The molecule has 0 aromatic heterocycles. The number of carbonyl (C=O) groups excluding carboxylic acids is 2. The molecule has 0 aliphatic heterocycles. The average molecular weight is 315 g/mol. The SMILES string of the molecule is CC(C)COc1ccc(C=O)cc1NC(=O)c1ccccc1F. The lowest BCUT2D eigenvalue weighted by atomic mass is 10.1. The van der Waals surface area contributed by atoms with E-state index in [1.165, 1.54) is 24.3 Å². The predicted molar refractivity (Wildman–Crippen MR) is 86.5 cm³/mol. The van der Waals surface area contributed by atoms with Crippen LogP contribution in [0, 0.1) is 11.7 Å². The fraction of sp³-hybridized carbons (Fsp3) is 0.222. The molecule has 0 atom stereocenters. The number of carbonyl (C=O) groups is 2. The van der Waals surface area contributed by atoms with E-state index in [1.54, 1.807) is 18.2 Å². The summed E-state index contributed by atoms with van der Waals surface area (Å²) in [7, 11) is 0. The summed E-state index contributed by atoms with van der Waals surface area (Å²) < 4.78 is 19.3. The van der Waals surface area contributed by atoms with Crippen molar-refractivity contribution in [2.24, 2.45) is 5.92 Å². The first-order chi connectivity index (χ1) is 11.0. The molecular formula is C18H18FNO3. The molecule has 2 aromatic rings. The molecule has 0 aliphatic carbocycles. The Kier molecular flexibility index (Phi) is 5.46. The highest BCUT2D eigenvalue weighted by Gasteiger charge is 2.14. The van der Waals surface area contributed by atoms with Crippen LogP contribution in [-0.4, -0.2) is 18.8 Å². The molecular weight excluding hydrogens is 297 g/mol. The van der Waals surface area contributed by atoms with Crippen LogP contribution in [0.15, 0.2) is 42.5 Å². The predicted octanol–water partition coefficient (Wildman–Crippen LogP) is 3.93. The minimum absolute atomic E-state index is 0.0705. The van der Waals surface area contributed by atoms with E-state index in [9.17, 15) is 14.0 Å². The number of nitrogens with one attached hydrogen (secondary N) is 1. The van der Waals surface area contributed by atoms with Gasteiger partial charge in [0.1, 0.15) is 17.9 Å². The number of hydrogen-bond acceptors (Lipinski definition) is 3. The number of halogens is 1. The molecule has 0 radical (unpaired) electrons. The Morgan fingerprint density at radius 3 is 2.65 bits per heavy atom. The Morgan fingerprint density at radius 1 is 1.26 bits per heavy atom. The third-order valence-electron chi connectivity index (χ3n) is 3.08. The zero-order valence-electron chi connectivity index (χ0n) is 13.0. The quantitative estimate of drug-likeness (QED) is 0.822. The summed E-state index contributed by atoms with van der Waals surface area (Å²) in [6, 6.07) is 10.4. The van der Waals surface area contributed by atoms with Gasteiger partial charge in [-0.1, -0.05) is 26.0 Å². The van der Waals surface area contributed by atoms with Crippen LogP contribution in [-0.2, 0) is 0 Å². The van der Waals surface area contributed by atoms with Crippen molar-refractivity contribution in [3.05, 3.63) is 59.4 Å². The maximum Gasteiger partial charge on any atom is 0.258 e. The van der Waals surface area contributed by atoms with Crippen molar-refractivity contribution in [3.63, 3.8) is 0 Å². The number of benzene rings is 2. The minimum atomic E-state index is -0.610. The second kappa shape index (κ2) is 7.54. The van der Waals surface area contributed by atoms with Crippen molar-refractivity contribution in [1.82, 2.24) is 0 Å². The monoisotopic (exact) mass is 315 g/mol. The average Bonchev–Trinajstić information content (AvgIpc) is 2.53. The molecule has 1 amide bonds. The van der Waals surface area contributed by atoms with Gasteiger partial charge in [-0.25, -0.2) is 4.39 Å². The zero-order chi connectivity index (χ0) is 16.8. The van der Waals surface area contributed by atoms with Crippen LogP contribution in [0.3, 0.4) is 0 Å². The summed E-state index contributed by atoms with van der Waals surface area (Å²) in [5.41, 5.74) is 0.660. The van der Waals surface area contributed by atoms with E-state index >= 15 is 0 Å². The smallest absolute Gasteiger partial charge is 0.258 e. The molecule has 2 aromatic carbocycles. The molecule has 0 bridgehead atoms. The molecule has 0 aliphatic rings. The molecule has 0 saturated carbocycles. The van der Waals surface area contributed by atoms with Gasteiger partial charge in [-0.05, 0) is 36.2 Å². The van der Waals surface area contributed by atoms with Gasteiger partial charge in [-0.3, -0.25) is 9.59 Å². The molecule has 120 valence electrons. The lowest BCUT2D eigenvalue weighted by Gasteiger charge is -2.14. The standard InChI is InChI=1S/C18H18FNO3/c1-12(2)11-23-17-8-7-13(10-21)9-16(17)20-18(22)14-5-3-4-6-15(14)19/h3-10,12H,11H2,1-2H3,(H,20,22). The third kappa shape index (κ3) is 4.39. The molecule has 0 spiro atoms. The lowest BCUT2D eigenvalue weighted by Crippen LogP contribution is -2.15. The highest BCUT2D eigenvalue weighted by atomic mass is 19.1. The van der Waals surface area contributed by atoms with E-state index in [4.69, 9.17) is 4.74 Å². The summed E-state index contributed by atoms with van der Waals surface area (Å²) in [5.74, 6) is -0.466. The maximum absolute atomic E-state index is 13.7. The number of aldehydes is 1. The molecule has 0 unspecified atom stereocenters. The molecule has 4 nitrogen and oxygen atoms in total.